The largest absolute Gasteiger partial charge is 0.362 e. The molecule has 1 amide bonds. The van der Waals surface area contributed by atoms with Gasteiger partial charge in [-0.3, -0.25) is 14.7 Å². The van der Waals surface area contributed by atoms with E-state index in [0.29, 0.717) is 26.1 Å². The van der Waals surface area contributed by atoms with Crippen molar-refractivity contribution in [2.45, 2.75) is 18.6 Å². The molecule has 0 radical (unpaired) electrons. The van der Waals surface area contributed by atoms with E-state index < -0.39 is 5.60 Å². The SMILES string of the molecule is CN1CC=CCC2(CN(Cc3ccnc4ccccc34)CCO2)C1=O. The van der Waals surface area contributed by atoms with E-state index in [0.717, 1.165) is 18.6 Å². The van der Waals surface area contributed by atoms with E-state index in [2.05, 4.69) is 28.1 Å². The second-order valence-electron chi connectivity index (χ2n) is 6.90. The zero-order valence-electron chi connectivity index (χ0n) is 14.5. The van der Waals surface area contributed by atoms with Gasteiger partial charge in [0.25, 0.3) is 5.91 Å². The minimum absolute atomic E-state index is 0.0850. The van der Waals surface area contributed by atoms with Crippen LogP contribution < -0.4 is 0 Å². The smallest absolute Gasteiger partial charge is 0.256 e. The summed E-state index contributed by atoms with van der Waals surface area (Å²) in [5.41, 5.74) is 1.51. The number of hydrogen-bond acceptors (Lipinski definition) is 4. The number of benzene rings is 1. The van der Waals surface area contributed by atoms with Gasteiger partial charge in [-0.1, -0.05) is 30.4 Å². The van der Waals surface area contributed by atoms with Gasteiger partial charge in [0.15, 0.2) is 5.60 Å². The number of likely N-dealkylation sites (N-methyl/N-ethyl adjacent to an activating group) is 1. The summed E-state index contributed by atoms with van der Waals surface area (Å²) in [7, 11) is 1.85. The van der Waals surface area contributed by atoms with Gasteiger partial charge in [0.05, 0.1) is 12.1 Å². The van der Waals surface area contributed by atoms with Crippen molar-refractivity contribution >= 4 is 16.8 Å². The van der Waals surface area contributed by atoms with Gasteiger partial charge in [-0.2, -0.15) is 0 Å². The van der Waals surface area contributed by atoms with E-state index in [1.807, 2.05) is 37.5 Å². The minimum Gasteiger partial charge on any atom is -0.362 e. The maximum absolute atomic E-state index is 12.9. The molecule has 1 aromatic heterocycles. The number of para-hydroxylation sites is 1. The summed E-state index contributed by atoms with van der Waals surface area (Å²) in [6.45, 7) is 3.49. The van der Waals surface area contributed by atoms with Crippen LogP contribution >= 0.6 is 0 Å². The summed E-state index contributed by atoms with van der Waals surface area (Å²) in [6.07, 6.45) is 6.63. The van der Waals surface area contributed by atoms with E-state index in [1.165, 1.54) is 10.9 Å². The third-order valence-corrected chi connectivity index (χ3v) is 5.13. The Kier molecular flexibility index (Phi) is 4.27. The molecule has 5 heteroatoms. The lowest BCUT2D eigenvalue weighted by atomic mass is 9.95. The molecule has 0 saturated carbocycles. The highest BCUT2D eigenvalue weighted by Crippen LogP contribution is 2.28. The van der Waals surface area contributed by atoms with Crippen LogP contribution in [0.3, 0.4) is 0 Å². The Hall–Kier alpha value is -2.24. The molecule has 0 aliphatic carbocycles. The van der Waals surface area contributed by atoms with Crippen LogP contribution in [0, 0.1) is 0 Å². The Labute approximate surface area is 147 Å². The van der Waals surface area contributed by atoms with Gasteiger partial charge < -0.3 is 9.64 Å². The van der Waals surface area contributed by atoms with Crippen LogP contribution in [0.5, 0.6) is 0 Å². The number of nitrogens with zero attached hydrogens (tertiary/aromatic N) is 3. The molecule has 0 N–H and O–H groups in total. The third kappa shape index (κ3) is 3.05. The van der Waals surface area contributed by atoms with E-state index in [4.69, 9.17) is 4.74 Å². The highest BCUT2D eigenvalue weighted by atomic mass is 16.5. The fourth-order valence-corrected chi connectivity index (χ4v) is 3.80. The zero-order valence-corrected chi connectivity index (χ0v) is 14.5. The van der Waals surface area contributed by atoms with Crippen LogP contribution in [-0.2, 0) is 16.1 Å². The summed E-state index contributed by atoms with van der Waals surface area (Å²) in [5, 5.41) is 1.18. The number of fused-ring (bicyclic) bond motifs is 1. The third-order valence-electron chi connectivity index (χ3n) is 5.13. The number of hydrogen-bond donors (Lipinski definition) is 0. The predicted molar refractivity (Wildman–Crippen MR) is 97.1 cm³/mol. The van der Waals surface area contributed by atoms with Crippen molar-refractivity contribution in [2.24, 2.45) is 0 Å². The van der Waals surface area contributed by atoms with Gasteiger partial charge in [-0.05, 0) is 17.7 Å². The highest BCUT2D eigenvalue weighted by Gasteiger charge is 2.45. The van der Waals surface area contributed by atoms with Gasteiger partial charge >= 0.3 is 0 Å². The predicted octanol–water partition coefficient (Wildman–Crippen LogP) is 2.22. The molecule has 1 atom stereocenters. The number of aromatic nitrogens is 1. The molecule has 1 unspecified atom stereocenters. The van der Waals surface area contributed by atoms with Gasteiger partial charge in [-0.25, -0.2) is 0 Å². The average Bonchev–Trinajstić information content (AvgIpc) is 2.77. The van der Waals surface area contributed by atoms with E-state index >= 15 is 0 Å². The number of morpholine rings is 1. The quantitative estimate of drug-likeness (QED) is 0.789. The first kappa shape index (κ1) is 16.2. The molecule has 5 nitrogen and oxygen atoms in total. The molecule has 1 spiro atoms. The average molecular weight is 337 g/mol. The van der Waals surface area contributed by atoms with Crippen molar-refractivity contribution in [3.05, 3.63) is 54.2 Å². The second-order valence-corrected chi connectivity index (χ2v) is 6.90. The molecular formula is C20H23N3O2. The van der Waals surface area contributed by atoms with Gasteiger partial charge in [0.2, 0.25) is 0 Å². The van der Waals surface area contributed by atoms with Gasteiger partial charge in [0.1, 0.15) is 0 Å². The normalized spacial score (nSPS) is 24.8. The van der Waals surface area contributed by atoms with Crippen LogP contribution in [0.15, 0.2) is 48.7 Å². The molecule has 2 aliphatic rings. The molecule has 4 rings (SSSR count). The molecule has 1 fully saturated rings. The van der Waals surface area contributed by atoms with Crippen LogP contribution in [0.2, 0.25) is 0 Å². The summed E-state index contributed by atoms with van der Waals surface area (Å²) >= 11 is 0. The van der Waals surface area contributed by atoms with E-state index in [1.54, 1.807) is 4.90 Å². The Morgan fingerprint density at radius 1 is 1.24 bits per heavy atom. The van der Waals surface area contributed by atoms with Gasteiger partial charge in [-0.15, -0.1) is 0 Å². The topological polar surface area (TPSA) is 45.7 Å². The zero-order chi connectivity index (χ0) is 17.3. The molecule has 25 heavy (non-hydrogen) atoms. The lowest BCUT2D eigenvalue weighted by Gasteiger charge is -2.42. The van der Waals surface area contributed by atoms with Crippen LogP contribution in [0.25, 0.3) is 10.9 Å². The summed E-state index contributed by atoms with van der Waals surface area (Å²) in [6, 6.07) is 10.3. The van der Waals surface area contributed by atoms with Crippen molar-refractivity contribution in [2.75, 3.05) is 33.3 Å². The Bertz CT molecular complexity index is 814. The number of ether oxygens (including phenoxy) is 1. The fraction of sp³-hybridized carbons (Fsp3) is 0.400. The first-order valence-electron chi connectivity index (χ1n) is 8.77. The van der Waals surface area contributed by atoms with Gasteiger partial charge in [0, 0.05) is 51.2 Å². The molecule has 130 valence electrons. The number of carbonyl (C=O) groups is 1. The number of carbonyl (C=O) groups excluding carboxylic acids is 1. The molecule has 3 heterocycles. The molecular weight excluding hydrogens is 314 g/mol. The van der Waals surface area contributed by atoms with Crippen LogP contribution in [0.4, 0.5) is 0 Å². The lowest BCUT2D eigenvalue weighted by molar-refractivity contribution is -0.168. The minimum atomic E-state index is -0.747. The Morgan fingerprint density at radius 3 is 3.04 bits per heavy atom. The van der Waals surface area contributed by atoms with Crippen LogP contribution in [-0.4, -0.2) is 59.6 Å². The summed E-state index contributed by atoms with van der Waals surface area (Å²) in [4.78, 5) is 21.4. The summed E-state index contributed by atoms with van der Waals surface area (Å²) in [5.74, 6) is 0.0850. The maximum atomic E-state index is 12.9. The van der Waals surface area contributed by atoms with Crippen LogP contribution in [0.1, 0.15) is 12.0 Å². The van der Waals surface area contributed by atoms with Crippen molar-refractivity contribution < 1.29 is 9.53 Å². The van der Waals surface area contributed by atoms with Crippen molar-refractivity contribution in [1.29, 1.82) is 0 Å². The maximum Gasteiger partial charge on any atom is 0.256 e. The lowest BCUT2D eigenvalue weighted by Crippen LogP contribution is -2.59. The standard InChI is InChI=1S/C20H23N3O2/c1-22-11-5-4-9-20(19(22)24)15-23(12-13-25-20)14-16-8-10-21-18-7-3-2-6-17(16)18/h2-8,10H,9,11-15H2,1H3. The van der Waals surface area contributed by atoms with E-state index in [9.17, 15) is 4.79 Å². The van der Waals surface area contributed by atoms with Crippen molar-refractivity contribution in [1.82, 2.24) is 14.8 Å². The first-order valence-corrected chi connectivity index (χ1v) is 8.77. The molecule has 0 bridgehead atoms. The highest BCUT2D eigenvalue weighted by molar-refractivity contribution is 5.86. The first-order chi connectivity index (χ1) is 12.2. The molecule has 1 saturated heterocycles. The van der Waals surface area contributed by atoms with E-state index in [-0.39, 0.29) is 5.91 Å². The Balaban J connectivity index is 1.59. The molecule has 2 aromatic rings. The number of pyridine rings is 1. The number of amides is 1. The molecule has 2 aliphatic heterocycles. The summed E-state index contributed by atoms with van der Waals surface area (Å²) < 4.78 is 6.03. The Morgan fingerprint density at radius 2 is 2.12 bits per heavy atom. The number of rotatable bonds is 2. The van der Waals surface area contributed by atoms with Crippen molar-refractivity contribution in [3.8, 4) is 0 Å². The monoisotopic (exact) mass is 337 g/mol. The van der Waals surface area contributed by atoms with Crippen molar-refractivity contribution in [3.63, 3.8) is 0 Å². The molecule has 1 aromatic carbocycles. The second kappa shape index (κ2) is 6.58. The fourth-order valence-electron chi connectivity index (χ4n) is 3.80.